The number of pyridine rings is 1. The number of carbonyl (C=O) groups excluding carboxylic acids is 1. The van der Waals surface area contributed by atoms with E-state index in [1.54, 1.807) is 24.3 Å². The van der Waals surface area contributed by atoms with Gasteiger partial charge in [0.15, 0.2) is 0 Å². The van der Waals surface area contributed by atoms with Crippen LogP contribution in [0.4, 0.5) is 0 Å². The van der Waals surface area contributed by atoms with Gasteiger partial charge in [0.05, 0.1) is 0 Å². The Hall–Kier alpha value is -2.73. The summed E-state index contributed by atoms with van der Waals surface area (Å²) < 4.78 is 12.1. The van der Waals surface area contributed by atoms with Gasteiger partial charge in [-0.2, -0.15) is 0 Å². The second-order valence-corrected chi connectivity index (χ2v) is 7.21. The van der Waals surface area contributed by atoms with Crippen molar-refractivity contribution >= 4 is 27.5 Å². The number of carbonyl (C=O) groups is 1. The SMILES string of the molecule is O=C(NCC[S@](=O)Cc1ccccc1)c1cc2ccccc2c(=O)[nH]1. The fraction of sp³-hybridized carbons (Fsp3) is 0.158. The predicted octanol–water partition coefficient (Wildman–Crippen LogP) is 2.21. The van der Waals surface area contributed by atoms with Crippen LogP contribution in [0.3, 0.4) is 0 Å². The molecule has 25 heavy (non-hydrogen) atoms. The van der Waals surface area contributed by atoms with E-state index in [1.807, 2.05) is 36.4 Å². The lowest BCUT2D eigenvalue weighted by Crippen LogP contribution is -2.30. The molecule has 0 aliphatic rings. The molecular weight excluding hydrogens is 336 g/mol. The van der Waals surface area contributed by atoms with Crippen molar-refractivity contribution in [3.8, 4) is 0 Å². The molecule has 1 atom stereocenters. The topological polar surface area (TPSA) is 79.0 Å². The first-order valence-electron chi connectivity index (χ1n) is 7.92. The normalized spacial score (nSPS) is 12.0. The van der Waals surface area contributed by atoms with Crippen LogP contribution >= 0.6 is 0 Å². The van der Waals surface area contributed by atoms with E-state index in [-0.39, 0.29) is 23.7 Å². The molecule has 0 saturated heterocycles. The highest BCUT2D eigenvalue weighted by Gasteiger charge is 2.10. The van der Waals surface area contributed by atoms with Crippen LogP contribution in [-0.4, -0.2) is 27.4 Å². The molecule has 1 heterocycles. The van der Waals surface area contributed by atoms with Gasteiger partial charge in [-0.3, -0.25) is 13.8 Å². The van der Waals surface area contributed by atoms with Crippen LogP contribution in [0.15, 0.2) is 65.5 Å². The minimum Gasteiger partial charge on any atom is -0.350 e. The number of fused-ring (bicyclic) bond motifs is 1. The minimum atomic E-state index is -1.06. The number of rotatable bonds is 6. The highest BCUT2D eigenvalue weighted by Crippen LogP contribution is 2.09. The van der Waals surface area contributed by atoms with E-state index in [2.05, 4.69) is 10.3 Å². The van der Waals surface area contributed by atoms with Crippen molar-refractivity contribution in [2.24, 2.45) is 0 Å². The lowest BCUT2D eigenvalue weighted by atomic mass is 10.1. The zero-order valence-electron chi connectivity index (χ0n) is 13.5. The molecule has 0 saturated carbocycles. The molecule has 3 rings (SSSR count). The third kappa shape index (κ3) is 4.42. The first-order valence-corrected chi connectivity index (χ1v) is 9.41. The third-order valence-corrected chi connectivity index (χ3v) is 5.10. The van der Waals surface area contributed by atoms with Crippen molar-refractivity contribution < 1.29 is 9.00 Å². The minimum absolute atomic E-state index is 0.206. The molecule has 0 bridgehead atoms. The zero-order valence-corrected chi connectivity index (χ0v) is 14.3. The smallest absolute Gasteiger partial charge is 0.267 e. The molecule has 1 aromatic heterocycles. The van der Waals surface area contributed by atoms with Gasteiger partial charge in [-0.15, -0.1) is 0 Å². The average Bonchev–Trinajstić information content (AvgIpc) is 2.62. The first-order chi connectivity index (χ1) is 12.1. The molecule has 0 radical (unpaired) electrons. The van der Waals surface area contributed by atoms with Crippen molar-refractivity contribution in [1.29, 1.82) is 0 Å². The second-order valence-electron chi connectivity index (χ2n) is 5.63. The average molecular weight is 354 g/mol. The van der Waals surface area contributed by atoms with E-state index in [4.69, 9.17) is 0 Å². The summed E-state index contributed by atoms with van der Waals surface area (Å²) in [4.78, 5) is 26.8. The maximum Gasteiger partial charge on any atom is 0.267 e. The molecule has 0 spiro atoms. The largest absolute Gasteiger partial charge is 0.350 e. The predicted molar refractivity (Wildman–Crippen MR) is 100 cm³/mol. The fourth-order valence-electron chi connectivity index (χ4n) is 2.54. The number of benzene rings is 2. The van der Waals surface area contributed by atoms with Crippen molar-refractivity contribution in [1.82, 2.24) is 10.3 Å². The van der Waals surface area contributed by atoms with E-state index < -0.39 is 10.8 Å². The van der Waals surface area contributed by atoms with Gasteiger partial charge in [-0.1, -0.05) is 48.5 Å². The summed E-state index contributed by atoms with van der Waals surface area (Å²) in [6, 6.07) is 18.3. The molecule has 0 fully saturated rings. The Bertz CT molecular complexity index is 967. The summed E-state index contributed by atoms with van der Waals surface area (Å²) >= 11 is 0. The van der Waals surface area contributed by atoms with E-state index in [9.17, 15) is 13.8 Å². The van der Waals surface area contributed by atoms with Crippen molar-refractivity contribution in [2.45, 2.75) is 5.75 Å². The summed E-state index contributed by atoms with van der Waals surface area (Å²) in [5.74, 6) is 0.446. The Labute approximate surface area is 147 Å². The summed E-state index contributed by atoms with van der Waals surface area (Å²) in [5.41, 5.74) is 0.916. The van der Waals surface area contributed by atoms with Gasteiger partial charge in [0, 0.05) is 34.2 Å². The summed E-state index contributed by atoms with van der Waals surface area (Å²) in [6.07, 6.45) is 0. The van der Waals surface area contributed by atoms with Crippen LogP contribution in [0.1, 0.15) is 16.1 Å². The molecule has 0 aliphatic heterocycles. The zero-order chi connectivity index (χ0) is 17.6. The van der Waals surface area contributed by atoms with Crippen molar-refractivity contribution in [2.75, 3.05) is 12.3 Å². The number of H-pyrrole nitrogens is 1. The van der Waals surface area contributed by atoms with Crippen LogP contribution in [-0.2, 0) is 16.6 Å². The maximum absolute atomic E-state index is 12.2. The monoisotopic (exact) mass is 354 g/mol. The second kappa shape index (κ2) is 7.90. The molecular formula is C19H18N2O3S. The van der Waals surface area contributed by atoms with Crippen LogP contribution in [0.25, 0.3) is 10.8 Å². The van der Waals surface area contributed by atoms with Gasteiger partial charge in [-0.05, 0) is 23.1 Å². The molecule has 3 aromatic rings. The van der Waals surface area contributed by atoms with E-state index in [1.165, 1.54) is 0 Å². The molecule has 0 unspecified atom stereocenters. The van der Waals surface area contributed by atoms with Crippen LogP contribution in [0.2, 0.25) is 0 Å². The first kappa shape index (κ1) is 17.1. The molecule has 2 N–H and O–H groups in total. The van der Waals surface area contributed by atoms with Crippen molar-refractivity contribution in [3.63, 3.8) is 0 Å². The number of hydrogen-bond acceptors (Lipinski definition) is 3. The van der Waals surface area contributed by atoms with E-state index in [0.717, 1.165) is 5.56 Å². The van der Waals surface area contributed by atoms with Gasteiger partial charge < -0.3 is 10.3 Å². The Morgan fingerprint density at radius 3 is 2.56 bits per heavy atom. The Kier molecular flexibility index (Phi) is 5.40. The van der Waals surface area contributed by atoms with Gasteiger partial charge in [0.25, 0.3) is 11.5 Å². The number of aromatic amines is 1. The Morgan fingerprint density at radius 2 is 1.76 bits per heavy atom. The van der Waals surface area contributed by atoms with Gasteiger partial charge in [-0.25, -0.2) is 0 Å². The fourth-order valence-corrected chi connectivity index (χ4v) is 3.58. The molecule has 2 aromatic carbocycles. The van der Waals surface area contributed by atoms with E-state index in [0.29, 0.717) is 22.3 Å². The highest BCUT2D eigenvalue weighted by molar-refractivity contribution is 7.84. The lowest BCUT2D eigenvalue weighted by Gasteiger charge is -2.07. The van der Waals surface area contributed by atoms with Gasteiger partial charge in [0.1, 0.15) is 5.69 Å². The number of amides is 1. The van der Waals surface area contributed by atoms with Gasteiger partial charge in [0.2, 0.25) is 0 Å². The third-order valence-electron chi connectivity index (χ3n) is 3.78. The molecule has 6 heteroatoms. The number of aromatic nitrogens is 1. The standard InChI is InChI=1S/C19H18N2O3S/c22-18-16-9-5-4-8-15(16)12-17(21-18)19(23)20-10-11-25(24)13-14-6-2-1-3-7-14/h1-9,12H,10-11,13H2,(H,20,23)(H,21,22)/t25-/m0/s1. The van der Waals surface area contributed by atoms with Crippen LogP contribution < -0.4 is 10.9 Å². The highest BCUT2D eigenvalue weighted by atomic mass is 32.2. The lowest BCUT2D eigenvalue weighted by molar-refractivity contribution is 0.0951. The Morgan fingerprint density at radius 1 is 1.04 bits per heavy atom. The van der Waals surface area contributed by atoms with Crippen LogP contribution in [0, 0.1) is 0 Å². The number of nitrogens with one attached hydrogen (secondary N) is 2. The van der Waals surface area contributed by atoms with E-state index >= 15 is 0 Å². The summed E-state index contributed by atoms with van der Waals surface area (Å²) in [7, 11) is -1.06. The number of hydrogen-bond donors (Lipinski definition) is 2. The van der Waals surface area contributed by atoms with Crippen molar-refractivity contribution in [3.05, 3.63) is 82.3 Å². The summed E-state index contributed by atoms with van der Waals surface area (Å²) in [5, 5.41) is 3.96. The quantitative estimate of drug-likeness (QED) is 0.712. The van der Waals surface area contributed by atoms with Gasteiger partial charge >= 0.3 is 0 Å². The molecule has 5 nitrogen and oxygen atoms in total. The summed E-state index contributed by atoms with van der Waals surface area (Å²) in [6.45, 7) is 0.285. The molecule has 0 aliphatic carbocycles. The van der Waals surface area contributed by atoms with Crippen LogP contribution in [0.5, 0.6) is 0 Å². The Balaban J connectivity index is 1.58. The molecule has 1 amide bonds. The molecule has 128 valence electrons. The maximum atomic E-state index is 12.2.